The first-order valence-electron chi connectivity index (χ1n) is 17.9. The van der Waals surface area contributed by atoms with Gasteiger partial charge in [-0.25, -0.2) is 9.98 Å². The largest absolute Gasteiger partial charge is 0.344 e. The molecule has 0 aliphatic carbocycles. The summed E-state index contributed by atoms with van der Waals surface area (Å²) in [5.41, 5.74) is 12.1. The van der Waals surface area contributed by atoms with Crippen LogP contribution in [-0.4, -0.2) is 21.2 Å². The molecule has 1 unspecified atom stereocenters. The van der Waals surface area contributed by atoms with Crippen LogP contribution in [0.2, 0.25) is 0 Å². The van der Waals surface area contributed by atoms with Crippen LogP contribution in [0.3, 0.4) is 0 Å². The molecule has 1 aliphatic heterocycles. The van der Waals surface area contributed by atoms with E-state index in [0.717, 1.165) is 61.4 Å². The van der Waals surface area contributed by atoms with Crippen molar-refractivity contribution < 1.29 is 0 Å². The molecule has 2 aromatic heterocycles. The number of aliphatic imine (C=N–C) groups is 2. The average molecular weight is 680 g/mol. The summed E-state index contributed by atoms with van der Waals surface area (Å²) in [6.07, 6.45) is 1.64. The number of hydrogen-bond acceptors (Lipinski definition) is 4. The second kappa shape index (κ2) is 12.9. The maximum atomic E-state index is 4.99. The summed E-state index contributed by atoms with van der Waals surface area (Å²) < 4.78 is 2.35. The van der Waals surface area contributed by atoms with Crippen LogP contribution in [0.5, 0.6) is 0 Å². The summed E-state index contributed by atoms with van der Waals surface area (Å²) in [5, 5.41) is 7.22. The summed E-state index contributed by atoms with van der Waals surface area (Å²) in [4.78, 5) is 14.9. The number of hydrogen-bond donors (Lipinski definition) is 1. The number of pyridine rings is 1. The van der Waals surface area contributed by atoms with Gasteiger partial charge in [-0.3, -0.25) is 4.98 Å². The van der Waals surface area contributed by atoms with Crippen molar-refractivity contribution in [3.05, 3.63) is 205 Å². The van der Waals surface area contributed by atoms with Crippen molar-refractivity contribution in [2.75, 3.05) is 0 Å². The number of benzene rings is 7. The first-order valence-corrected chi connectivity index (χ1v) is 17.9. The van der Waals surface area contributed by atoms with E-state index >= 15 is 0 Å². The number of nitrogens with one attached hydrogen (secondary N) is 1. The molecule has 5 heteroatoms. The van der Waals surface area contributed by atoms with Crippen LogP contribution in [0, 0.1) is 0 Å². The molecule has 0 bridgehead atoms. The third-order valence-electron chi connectivity index (χ3n) is 10.1. The summed E-state index contributed by atoms with van der Waals surface area (Å²) in [7, 11) is 0. The van der Waals surface area contributed by atoms with Crippen LogP contribution < -0.4 is 5.32 Å². The maximum absolute atomic E-state index is 4.99. The Morgan fingerprint density at radius 2 is 1.02 bits per heavy atom. The summed E-state index contributed by atoms with van der Waals surface area (Å²) in [6.45, 7) is 0. The van der Waals surface area contributed by atoms with Crippen LogP contribution >= 0.6 is 0 Å². The topological polar surface area (TPSA) is 54.6 Å². The molecule has 10 rings (SSSR count). The van der Waals surface area contributed by atoms with Gasteiger partial charge in [-0.05, 0) is 52.6 Å². The highest BCUT2D eigenvalue weighted by Gasteiger charge is 2.21. The van der Waals surface area contributed by atoms with Crippen molar-refractivity contribution in [2.24, 2.45) is 9.98 Å². The number of rotatable bonds is 6. The Kier molecular flexibility index (Phi) is 7.47. The maximum Gasteiger partial charge on any atom is 0.159 e. The third kappa shape index (κ3) is 5.47. The van der Waals surface area contributed by atoms with Crippen molar-refractivity contribution in [2.45, 2.75) is 6.17 Å². The van der Waals surface area contributed by atoms with Crippen molar-refractivity contribution in [1.82, 2.24) is 14.9 Å². The van der Waals surface area contributed by atoms with Crippen molar-refractivity contribution in [1.29, 1.82) is 0 Å². The Morgan fingerprint density at radius 1 is 0.453 bits per heavy atom. The van der Waals surface area contributed by atoms with Crippen molar-refractivity contribution >= 4 is 44.4 Å². The van der Waals surface area contributed by atoms with Gasteiger partial charge >= 0.3 is 0 Å². The van der Waals surface area contributed by atoms with E-state index in [1.54, 1.807) is 0 Å². The number of amidine groups is 2. The van der Waals surface area contributed by atoms with E-state index in [1.165, 1.54) is 21.8 Å². The zero-order valence-electron chi connectivity index (χ0n) is 28.8. The lowest BCUT2D eigenvalue weighted by atomic mass is 9.94. The Hall–Kier alpha value is -7.11. The summed E-state index contributed by atoms with van der Waals surface area (Å²) >= 11 is 0. The first kappa shape index (κ1) is 30.7. The average Bonchev–Trinajstić information content (AvgIpc) is 3.58. The molecule has 1 atom stereocenters. The molecular formula is C48H33N5. The fourth-order valence-corrected chi connectivity index (χ4v) is 7.57. The minimum Gasteiger partial charge on any atom is -0.344 e. The quantitative estimate of drug-likeness (QED) is 0.190. The molecule has 9 aromatic rings. The van der Waals surface area contributed by atoms with Crippen molar-refractivity contribution in [3.8, 4) is 27.9 Å². The monoisotopic (exact) mass is 679 g/mol. The minimum absolute atomic E-state index is 0.240. The van der Waals surface area contributed by atoms with E-state index in [9.17, 15) is 0 Å². The van der Waals surface area contributed by atoms with E-state index in [0.29, 0.717) is 5.84 Å². The lowest BCUT2D eigenvalue weighted by Crippen LogP contribution is -2.33. The standard InChI is InChI=1S/C48H33N5/c1-3-12-34(13-4-1)46-50-47(35-14-5-2-6-15-35)52-48(51-46)36-23-21-33(22-24-36)39-30-29-38(42-18-11-31-49-45(39)42)32-25-27-37(28-26-32)53-43-19-9-7-16-40(43)41-17-8-10-20-44(41)53/h1-31,46H,(H,50,51,52). The van der Waals surface area contributed by atoms with Crippen LogP contribution in [0.25, 0.3) is 60.6 Å². The molecule has 53 heavy (non-hydrogen) atoms. The van der Waals surface area contributed by atoms with Gasteiger partial charge in [0.1, 0.15) is 12.0 Å². The number of nitrogens with zero attached hydrogens (tertiary/aromatic N) is 4. The molecule has 5 nitrogen and oxygen atoms in total. The molecule has 0 amide bonds. The van der Waals surface area contributed by atoms with Crippen LogP contribution in [0.1, 0.15) is 22.9 Å². The molecule has 3 heterocycles. The van der Waals surface area contributed by atoms with Crippen LogP contribution in [-0.2, 0) is 0 Å². The lowest BCUT2D eigenvalue weighted by Gasteiger charge is -2.23. The smallest absolute Gasteiger partial charge is 0.159 e. The van der Waals surface area contributed by atoms with Gasteiger partial charge in [0.25, 0.3) is 0 Å². The number of fused-ring (bicyclic) bond motifs is 4. The normalized spacial score (nSPS) is 14.2. The van der Waals surface area contributed by atoms with Crippen molar-refractivity contribution in [3.63, 3.8) is 0 Å². The predicted octanol–water partition coefficient (Wildman–Crippen LogP) is 11.2. The Balaban J connectivity index is 0.986. The van der Waals surface area contributed by atoms with E-state index in [4.69, 9.17) is 15.0 Å². The highest BCUT2D eigenvalue weighted by molar-refractivity contribution is 6.13. The molecule has 0 fully saturated rings. The molecule has 0 saturated heterocycles. The van der Waals surface area contributed by atoms with E-state index in [2.05, 4.69) is 149 Å². The van der Waals surface area contributed by atoms with Gasteiger partial charge < -0.3 is 9.88 Å². The molecule has 0 saturated carbocycles. The Morgan fingerprint density at radius 3 is 1.74 bits per heavy atom. The Bertz CT molecular complexity index is 2780. The van der Waals surface area contributed by atoms with Gasteiger partial charge in [-0.15, -0.1) is 0 Å². The molecule has 0 spiro atoms. The third-order valence-corrected chi connectivity index (χ3v) is 10.1. The number of para-hydroxylation sites is 2. The van der Waals surface area contributed by atoms with Crippen LogP contribution in [0.15, 0.2) is 198 Å². The Labute approximate surface area is 307 Å². The molecule has 1 aliphatic rings. The minimum atomic E-state index is -0.240. The molecule has 250 valence electrons. The van der Waals surface area contributed by atoms with E-state index < -0.39 is 0 Å². The van der Waals surface area contributed by atoms with E-state index in [1.807, 2.05) is 48.7 Å². The van der Waals surface area contributed by atoms with Gasteiger partial charge in [-0.1, -0.05) is 152 Å². The van der Waals surface area contributed by atoms with E-state index in [-0.39, 0.29) is 6.17 Å². The second-order valence-corrected chi connectivity index (χ2v) is 13.3. The van der Waals surface area contributed by atoms with Gasteiger partial charge in [-0.2, -0.15) is 0 Å². The SMILES string of the molecule is c1ccc(C2=NC(c3ccccc3)NC(c3ccc(-c4ccc(-c5ccc(-n6c7ccccc7c7ccccc76)cc5)c5cccnc45)cc3)=N2)cc1. The van der Waals surface area contributed by atoms with Crippen LogP contribution in [0.4, 0.5) is 0 Å². The fourth-order valence-electron chi connectivity index (χ4n) is 7.57. The van der Waals surface area contributed by atoms with Gasteiger partial charge in [0, 0.05) is 44.7 Å². The predicted molar refractivity (Wildman–Crippen MR) is 219 cm³/mol. The van der Waals surface area contributed by atoms with Gasteiger partial charge in [0.2, 0.25) is 0 Å². The fraction of sp³-hybridized carbons (Fsp3) is 0.0208. The molecule has 7 aromatic carbocycles. The lowest BCUT2D eigenvalue weighted by molar-refractivity contribution is 0.674. The van der Waals surface area contributed by atoms with Gasteiger partial charge in [0.05, 0.1) is 16.6 Å². The molecule has 1 N–H and O–H groups in total. The second-order valence-electron chi connectivity index (χ2n) is 13.3. The first-order chi connectivity index (χ1) is 26.3. The van der Waals surface area contributed by atoms with Gasteiger partial charge in [0.15, 0.2) is 5.84 Å². The zero-order chi connectivity index (χ0) is 35.1. The molecular weight excluding hydrogens is 647 g/mol. The zero-order valence-corrected chi connectivity index (χ0v) is 28.8. The summed E-state index contributed by atoms with van der Waals surface area (Å²) in [6, 6.07) is 63.8. The molecule has 0 radical (unpaired) electrons. The highest BCUT2D eigenvalue weighted by Crippen LogP contribution is 2.37. The summed E-state index contributed by atoms with van der Waals surface area (Å²) in [5.74, 6) is 1.51. The highest BCUT2D eigenvalue weighted by atomic mass is 15.2. The number of aromatic nitrogens is 2.